The maximum Gasteiger partial charge on any atom is 0.0694 e. The second-order valence-corrected chi connectivity index (χ2v) is 5.19. The Hall–Kier alpha value is -1.11. The van der Waals surface area contributed by atoms with Gasteiger partial charge in [-0.3, -0.25) is 4.99 Å². The van der Waals surface area contributed by atoms with Crippen LogP contribution in [0.5, 0.6) is 0 Å². The van der Waals surface area contributed by atoms with Crippen molar-refractivity contribution in [1.82, 2.24) is 0 Å². The highest BCUT2D eigenvalue weighted by Gasteiger charge is 2.12. The van der Waals surface area contributed by atoms with Crippen molar-refractivity contribution >= 4 is 11.9 Å². The van der Waals surface area contributed by atoms with Crippen molar-refractivity contribution < 1.29 is 0 Å². The standard InChI is InChI=1S/C16H25N/c1-6-7-11-17-16-14(12(2)3)9-8-10-15(16)13(4)5/h8-13H,6-7H2,1-5H3. The third kappa shape index (κ3) is 3.69. The van der Waals surface area contributed by atoms with Crippen LogP contribution in [0, 0.1) is 0 Å². The lowest BCUT2D eigenvalue weighted by atomic mass is 9.93. The molecule has 1 heteroatoms. The van der Waals surface area contributed by atoms with Crippen molar-refractivity contribution in [3.63, 3.8) is 0 Å². The first-order valence-corrected chi connectivity index (χ1v) is 6.73. The summed E-state index contributed by atoms with van der Waals surface area (Å²) in [5.41, 5.74) is 3.93. The molecule has 0 fully saturated rings. The highest BCUT2D eigenvalue weighted by atomic mass is 14.7. The molecule has 0 aliphatic carbocycles. The van der Waals surface area contributed by atoms with E-state index in [0.717, 1.165) is 12.8 Å². The van der Waals surface area contributed by atoms with Crippen LogP contribution >= 0.6 is 0 Å². The zero-order chi connectivity index (χ0) is 12.8. The summed E-state index contributed by atoms with van der Waals surface area (Å²) in [5, 5.41) is 0. The van der Waals surface area contributed by atoms with Crippen LogP contribution in [0.3, 0.4) is 0 Å². The first kappa shape index (κ1) is 14.0. The van der Waals surface area contributed by atoms with Gasteiger partial charge in [-0.05, 0) is 29.4 Å². The Balaban J connectivity index is 3.19. The molecular formula is C16H25N. The quantitative estimate of drug-likeness (QED) is 0.599. The Kier molecular flexibility index (Phi) is 5.40. The smallest absolute Gasteiger partial charge is 0.0694 e. The van der Waals surface area contributed by atoms with E-state index in [1.807, 2.05) is 0 Å². The van der Waals surface area contributed by atoms with E-state index in [2.05, 4.69) is 59.0 Å². The van der Waals surface area contributed by atoms with Crippen molar-refractivity contribution in [2.45, 2.75) is 59.3 Å². The van der Waals surface area contributed by atoms with Crippen LogP contribution in [0.2, 0.25) is 0 Å². The maximum atomic E-state index is 4.71. The van der Waals surface area contributed by atoms with Gasteiger partial charge in [0.15, 0.2) is 0 Å². The topological polar surface area (TPSA) is 12.4 Å². The number of para-hydroxylation sites is 1. The molecule has 0 saturated heterocycles. The third-order valence-electron chi connectivity index (χ3n) is 2.98. The molecule has 0 aliphatic heterocycles. The van der Waals surface area contributed by atoms with E-state index >= 15 is 0 Å². The predicted molar refractivity (Wildman–Crippen MR) is 77.7 cm³/mol. The number of unbranched alkanes of at least 4 members (excludes halogenated alkanes) is 1. The number of hydrogen-bond donors (Lipinski definition) is 0. The van der Waals surface area contributed by atoms with Gasteiger partial charge in [0.25, 0.3) is 0 Å². The summed E-state index contributed by atoms with van der Waals surface area (Å²) in [6.07, 6.45) is 4.28. The van der Waals surface area contributed by atoms with Gasteiger partial charge in [0.2, 0.25) is 0 Å². The van der Waals surface area contributed by atoms with Crippen molar-refractivity contribution in [1.29, 1.82) is 0 Å². The van der Waals surface area contributed by atoms with Gasteiger partial charge < -0.3 is 0 Å². The molecule has 94 valence electrons. The second kappa shape index (κ2) is 6.58. The van der Waals surface area contributed by atoms with E-state index < -0.39 is 0 Å². The van der Waals surface area contributed by atoms with E-state index in [4.69, 9.17) is 4.99 Å². The maximum absolute atomic E-state index is 4.71. The largest absolute Gasteiger partial charge is 0.261 e. The molecule has 0 atom stereocenters. The number of nitrogens with zero attached hydrogens (tertiary/aromatic N) is 1. The van der Waals surface area contributed by atoms with Gasteiger partial charge in [0, 0.05) is 6.21 Å². The Morgan fingerprint density at radius 2 is 1.59 bits per heavy atom. The molecule has 0 bridgehead atoms. The van der Waals surface area contributed by atoms with Gasteiger partial charge in [-0.15, -0.1) is 0 Å². The van der Waals surface area contributed by atoms with Crippen LogP contribution in [-0.2, 0) is 0 Å². The Morgan fingerprint density at radius 3 is 2.00 bits per heavy atom. The van der Waals surface area contributed by atoms with E-state index in [1.54, 1.807) is 0 Å². The molecule has 0 spiro atoms. The summed E-state index contributed by atoms with van der Waals surface area (Å²) in [7, 11) is 0. The van der Waals surface area contributed by atoms with Crippen LogP contribution in [-0.4, -0.2) is 6.21 Å². The van der Waals surface area contributed by atoms with E-state index in [1.165, 1.54) is 16.8 Å². The van der Waals surface area contributed by atoms with Gasteiger partial charge >= 0.3 is 0 Å². The summed E-state index contributed by atoms with van der Waals surface area (Å²) in [6, 6.07) is 6.56. The highest BCUT2D eigenvalue weighted by molar-refractivity contribution is 5.67. The molecule has 1 nitrogen and oxygen atoms in total. The van der Waals surface area contributed by atoms with Crippen LogP contribution in [0.1, 0.15) is 70.4 Å². The van der Waals surface area contributed by atoms with Crippen molar-refractivity contribution in [3.05, 3.63) is 29.3 Å². The molecule has 0 amide bonds. The number of aliphatic imine (C=N–C) groups is 1. The van der Waals surface area contributed by atoms with Gasteiger partial charge in [-0.25, -0.2) is 0 Å². The molecule has 0 heterocycles. The van der Waals surface area contributed by atoms with Crippen molar-refractivity contribution in [2.24, 2.45) is 4.99 Å². The minimum Gasteiger partial charge on any atom is -0.261 e. The number of hydrogen-bond acceptors (Lipinski definition) is 1. The van der Waals surface area contributed by atoms with Gasteiger partial charge in [-0.1, -0.05) is 59.2 Å². The summed E-state index contributed by atoms with van der Waals surface area (Å²) in [6.45, 7) is 11.1. The average Bonchev–Trinajstić information content (AvgIpc) is 2.28. The molecule has 0 unspecified atom stereocenters. The Bertz CT molecular complexity index is 349. The molecule has 17 heavy (non-hydrogen) atoms. The van der Waals surface area contributed by atoms with Crippen LogP contribution in [0.25, 0.3) is 0 Å². The fraction of sp³-hybridized carbons (Fsp3) is 0.562. The lowest BCUT2D eigenvalue weighted by molar-refractivity contribution is 0.834. The molecule has 1 aromatic rings. The minimum atomic E-state index is 0.530. The highest BCUT2D eigenvalue weighted by Crippen LogP contribution is 2.34. The number of rotatable bonds is 5. The normalized spacial score (nSPS) is 11.9. The number of benzene rings is 1. The van der Waals surface area contributed by atoms with E-state index in [0.29, 0.717) is 11.8 Å². The summed E-state index contributed by atoms with van der Waals surface area (Å²) in [4.78, 5) is 4.71. The second-order valence-electron chi connectivity index (χ2n) is 5.19. The van der Waals surface area contributed by atoms with Crippen LogP contribution < -0.4 is 0 Å². The van der Waals surface area contributed by atoms with Gasteiger partial charge in [0.1, 0.15) is 0 Å². The summed E-state index contributed by atoms with van der Waals surface area (Å²) in [5.74, 6) is 1.06. The zero-order valence-electron chi connectivity index (χ0n) is 11.8. The fourth-order valence-corrected chi connectivity index (χ4v) is 1.95. The van der Waals surface area contributed by atoms with E-state index in [9.17, 15) is 0 Å². The van der Waals surface area contributed by atoms with Crippen molar-refractivity contribution in [3.8, 4) is 0 Å². The minimum absolute atomic E-state index is 0.530. The Labute approximate surface area is 106 Å². The third-order valence-corrected chi connectivity index (χ3v) is 2.98. The molecule has 0 saturated carbocycles. The lowest BCUT2D eigenvalue weighted by Crippen LogP contribution is -1.95. The molecule has 0 radical (unpaired) electrons. The molecule has 0 N–H and O–H groups in total. The average molecular weight is 231 g/mol. The van der Waals surface area contributed by atoms with Gasteiger partial charge in [0.05, 0.1) is 5.69 Å². The molecule has 0 aromatic heterocycles. The monoisotopic (exact) mass is 231 g/mol. The molecule has 1 aromatic carbocycles. The molecular weight excluding hydrogens is 206 g/mol. The predicted octanol–water partition coefficient (Wildman–Crippen LogP) is 5.44. The van der Waals surface area contributed by atoms with Crippen LogP contribution in [0.15, 0.2) is 23.2 Å². The zero-order valence-corrected chi connectivity index (χ0v) is 11.8. The Morgan fingerprint density at radius 1 is 1.06 bits per heavy atom. The first-order chi connectivity index (χ1) is 8.07. The van der Waals surface area contributed by atoms with Crippen molar-refractivity contribution in [2.75, 3.05) is 0 Å². The summed E-state index contributed by atoms with van der Waals surface area (Å²) < 4.78 is 0. The molecule has 1 rings (SSSR count). The van der Waals surface area contributed by atoms with Crippen LogP contribution in [0.4, 0.5) is 5.69 Å². The SMILES string of the molecule is CCCC=Nc1c(C(C)C)cccc1C(C)C. The fourth-order valence-electron chi connectivity index (χ4n) is 1.95. The van der Waals surface area contributed by atoms with E-state index in [-0.39, 0.29) is 0 Å². The summed E-state index contributed by atoms with van der Waals surface area (Å²) >= 11 is 0. The molecule has 0 aliphatic rings. The lowest BCUT2D eigenvalue weighted by Gasteiger charge is -2.16. The first-order valence-electron chi connectivity index (χ1n) is 6.73. The van der Waals surface area contributed by atoms with Gasteiger partial charge in [-0.2, -0.15) is 0 Å².